The lowest BCUT2D eigenvalue weighted by Crippen LogP contribution is -1.95. The zero-order chi connectivity index (χ0) is 8.97. The van der Waals surface area contributed by atoms with Gasteiger partial charge < -0.3 is 5.73 Å². The SMILES string of the molecule is Cc1nn(C)cc1C#CCCN. The van der Waals surface area contributed by atoms with Crippen molar-refractivity contribution in [3.8, 4) is 11.8 Å². The summed E-state index contributed by atoms with van der Waals surface area (Å²) < 4.78 is 1.77. The predicted octanol–water partition coefficient (Wildman–Crippen LogP) is 0.429. The zero-order valence-electron chi connectivity index (χ0n) is 7.46. The minimum Gasteiger partial charge on any atom is -0.330 e. The van der Waals surface area contributed by atoms with Crippen LogP contribution in [0.1, 0.15) is 17.7 Å². The van der Waals surface area contributed by atoms with Crippen LogP contribution in [0, 0.1) is 18.8 Å². The maximum Gasteiger partial charge on any atom is 0.0750 e. The molecule has 1 heterocycles. The van der Waals surface area contributed by atoms with Crippen LogP contribution >= 0.6 is 0 Å². The van der Waals surface area contributed by atoms with Gasteiger partial charge in [0.2, 0.25) is 0 Å². The fourth-order valence-corrected chi connectivity index (χ4v) is 0.952. The third kappa shape index (κ3) is 2.11. The lowest BCUT2D eigenvalue weighted by atomic mass is 10.2. The molecule has 0 aliphatic heterocycles. The van der Waals surface area contributed by atoms with Crippen LogP contribution in [-0.4, -0.2) is 16.3 Å². The molecule has 1 rings (SSSR count). The number of rotatable bonds is 1. The van der Waals surface area contributed by atoms with E-state index in [2.05, 4.69) is 16.9 Å². The minimum atomic E-state index is 0.617. The molecule has 3 nitrogen and oxygen atoms in total. The van der Waals surface area contributed by atoms with Gasteiger partial charge in [-0.05, 0) is 6.92 Å². The third-order valence-electron chi connectivity index (χ3n) is 1.51. The summed E-state index contributed by atoms with van der Waals surface area (Å²) in [6.45, 7) is 2.57. The summed E-state index contributed by atoms with van der Waals surface area (Å²) in [6.07, 6.45) is 2.66. The molecular formula is C9H13N3. The highest BCUT2D eigenvalue weighted by molar-refractivity contribution is 5.35. The second-order valence-corrected chi connectivity index (χ2v) is 2.64. The van der Waals surface area contributed by atoms with Crippen LogP contribution < -0.4 is 5.73 Å². The first-order valence-corrected chi connectivity index (χ1v) is 3.93. The van der Waals surface area contributed by atoms with E-state index in [4.69, 9.17) is 5.73 Å². The standard InChI is InChI=1S/C9H13N3/c1-8-9(5-3-4-6-10)7-12(2)11-8/h7H,4,6,10H2,1-2H3. The van der Waals surface area contributed by atoms with E-state index in [9.17, 15) is 0 Å². The predicted molar refractivity (Wildman–Crippen MR) is 48.5 cm³/mol. The first-order chi connectivity index (χ1) is 5.74. The maximum atomic E-state index is 5.31. The van der Waals surface area contributed by atoms with E-state index in [1.165, 1.54) is 0 Å². The molecule has 0 atom stereocenters. The van der Waals surface area contributed by atoms with Crippen molar-refractivity contribution in [2.24, 2.45) is 12.8 Å². The van der Waals surface area contributed by atoms with Crippen molar-refractivity contribution in [2.75, 3.05) is 6.54 Å². The van der Waals surface area contributed by atoms with Gasteiger partial charge >= 0.3 is 0 Å². The second-order valence-electron chi connectivity index (χ2n) is 2.64. The molecule has 0 aliphatic rings. The normalized spacial score (nSPS) is 9.25. The van der Waals surface area contributed by atoms with Gasteiger partial charge in [-0.15, -0.1) is 0 Å². The molecule has 12 heavy (non-hydrogen) atoms. The lowest BCUT2D eigenvalue weighted by molar-refractivity contribution is 0.756. The molecule has 0 aliphatic carbocycles. The van der Waals surface area contributed by atoms with Crippen LogP contribution in [0.5, 0.6) is 0 Å². The van der Waals surface area contributed by atoms with Gasteiger partial charge in [-0.2, -0.15) is 5.10 Å². The summed E-state index contributed by atoms with van der Waals surface area (Å²) in [4.78, 5) is 0. The van der Waals surface area contributed by atoms with Crippen molar-refractivity contribution in [2.45, 2.75) is 13.3 Å². The fraction of sp³-hybridized carbons (Fsp3) is 0.444. The maximum absolute atomic E-state index is 5.31. The van der Waals surface area contributed by atoms with Crippen molar-refractivity contribution in [3.05, 3.63) is 17.5 Å². The highest BCUT2D eigenvalue weighted by Crippen LogP contribution is 2.01. The van der Waals surface area contributed by atoms with Crippen LogP contribution in [0.3, 0.4) is 0 Å². The Labute approximate surface area is 72.6 Å². The van der Waals surface area contributed by atoms with Crippen LogP contribution in [0.4, 0.5) is 0 Å². The topological polar surface area (TPSA) is 43.8 Å². The van der Waals surface area contributed by atoms with Gasteiger partial charge in [0, 0.05) is 26.2 Å². The van der Waals surface area contributed by atoms with Gasteiger partial charge in [0.25, 0.3) is 0 Å². The summed E-state index contributed by atoms with van der Waals surface area (Å²) in [5.74, 6) is 6.00. The zero-order valence-corrected chi connectivity index (χ0v) is 7.46. The average Bonchev–Trinajstić information content (AvgIpc) is 2.31. The molecule has 0 radical (unpaired) electrons. The Balaban J connectivity index is 2.76. The van der Waals surface area contributed by atoms with Crippen LogP contribution in [0.25, 0.3) is 0 Å². The van der Waals surface area contributed by atoms with E-state index in [-0.39, 0.29) is 0 Å². The van der Waals surface area contributed by atoms with Gasteiger partial charge in [0.15, 0.2) is 0 Å². The summed E-state index contributed by atoms with van der Waals surface area (Å²) in [5, 5.41) is 4.17. The second kappa shape index (κ2) is 3.93. The molecule has 0 spiro atoms. The summed E-state index contributed by atoms with van der Waals surface area (Å²) >= 11 is 0. The molecule has 1 aromatic rings. The van der Waals surface area contributed by atoms with E-state index < -0.39 is 0 Å². The quantitative estimate of drug-likeness (QED) is 0.610. The molecule has 2 N–H and O–H groups in total. The number of hydrogen-bond donors (Lipinski definition) is 1. The fourth-order valence-electron chi connectivity index (χ4n) is 0.952. The molecule has 1 aromatic heterocycles. The molecule has 3 heteroatoms. The van der Waals surface area contributed by atoms with E-state index in [0.717, 1.165) is 17.7 Å². The summed E-state index contributed by atoms with van der Waals surface area (Å²) in [7, 11) is 1.89. The number of nitrogens with two attached hydrogens (primary N) is 1. The number of aromatic nitrogens is 2. The number of hydrogen-bond acceptors (Lipinski definition) is 2. The van der Waals surface area contributed by atoms with E-state index >= 15 is 0 Å². The Morgan fingerprint density at radius 2 is 2.42 bits per heavy atom. The van der Waals surface area contributed by atoms with Crippen molar-refractivity contribution in [1.29, 1.82) is 0 Å². The van der Waals surface area contributed by atoms with Crippen LogP contribution in [-0.2, 0) is 7.05 Å². The molecule has 0 amide bonds. The number of nitrogens with zero attached hydrogens (tertiary/aromatic N) is 2. The molecule has 64 valence electrons. The Morgan fingerprint density at radius 1 is 1.67 bits per heavy atom. The summed E-state index contributed by atoms with van der Waals surface area (Å²) in [5.41, 5.74) is 7.28. The molecule has 0 saturated carbocycles. The Bertz CT molecular complexity index is 314. The minimum absolute atomic E-state index is 0.617. The smallest absolute Gasteiger partial charge is 0.0750 e. The Morgan fingerprint density at radius 3 is 2.92 bits per heavy atom. The number of aryl methyl sites for hydroxylation is 2. The summed E-state index contributed by atoms with van der Waals surface area (Å²) in [6, 6.07) is 0. The van der Waals surface area contributed by atoms with E-state index in [1.807, 2.05) is 20.2 Å². The highest BCUT2D eigenvalue weighted by Gasteiger charge is 1.97. The van der Waals surface area contributed by atoms with Crippen molar-refractivity contribution in [3.63, 3.8) is 0 Å². The van der Waals surface area contributed by atoms with Crippen LogP contribution in [0.15, 0.2) is 6.20 Å². The monoisotopic (exact) mass is 163 g/mol. The largest absolute Gasteiger partial charge is 0.330 e. The lowest BCUT2D eigenvalue weighted by Gasteiger charge is -1.81. The van der Waals surface area contributed by atoms with Crippen molar-refractivity contribution < 1.29 is 0 Å². The molecular weight excluding hydrogens is 150 g/mol. The van der Waals surface area contributed by atoms with Gasteiger partial charge in [0.05, 0.1) is 11.3 Å². The van der Waals surface area contributed by atoms with E-state index in [1.54, 1.807) is 4.68 Å². The molecule has 0 bridgehead atoms. The van der Waals surface area contributed by atoms with Crippen molar-refractivity contribution in [1.82, 2.24) is 9.78 Å². The first kappa shape index (κ1) is 8.82. The van der Waals surface area contributed by atoms with Crippen molar-refractivity contribution >= 4 is 0 Å². The molecule has 0 saturated heterocycles. The third-order valence-corrected chi connectivity index (χ3v) is 1.51. The van der Waals surface area contributed by atoms with Gasteiger partial charge in [-0.25, -0.2) is 0 Å². The molecule has 0 fully saturated rings. The van der Waals surface area contributed by atoms with E-state index in [0.29, 0.717) is 6.54 Å². The average molecular weight is 163 g/mol. The Kier molecular flexibility index (Phi) is 2.89. The van der Waals surface area contributed by atoms with Gasteiger partial charge in [0.1, 0.15) is 0 Å². The Hall–Kier alpha value is -1.27. The highest BCUT2D eigenvalue weighted by atomic mass is 15.2. The van der Waals surface area contributed by atoms with Gasteiger partial charge in [-0.3, -0.25) is 4.68 Å². The molecule has 0 aromatic carbocycles. The molecule has 0 unspecified atom stereocenters. The van der Waals surface area contributed by atoms with Crippen LogP contribution in [0.2, 0.25) is 0 Å². The first-order valence-electron chi connectivity index (χ1n) is 3.93. The van der Waals surface area contributed by atoms with Gasteiger partial charge in [-0.1, -0.05) is 11.8 Å².